The van der Waals surface area contributed by atoms with E-state index in [0.29, 0.717) is 5.69 Å². The van der Waals surface area contributed by atoms with E-state index in [0.717, 1.165) is 0 Å². The number of aromatic carboxylic acids is 1. The van der Waals surface area contributed by atoms with Crippen molar-refractivity contribution in [3.8, 4) is 0 Å². The number of carbonyl (C=O) groups excluding carboxylic acids is 1. The highest BCUT2D eigenvalue weighted by Crippen LogP contribution is 2.12. The second-order valence-electron chi connectivity index (χ2n) is 2.08. The molecular formula is C8H12N2O2. The average molecular weight is 168 g/mol. The number of anilines is 1. The van der Waals surface area contributed by atoms with Gasteiger partial charge in [-0.1, -0.05) is 18.2 Å². The van der Waals surface area contributed by atoms with Crippen molar-refractivity contribution in [2.24, 2.45) is 0 Å². The lowest BCUT2D eigenvalue weighted by Crippen LogP contribution is -2.23. The molecule has 1 aromatic rings. The molecule has 12 heavy (non-hydrogen) atoms. The first-order valence-corrected chi connectivity index (χ1v) is 3.24. The minimum absolute atomic E-state index is 0. The number of hydrogen-bond donors (Lipinski definition) is 2. The van der Waals surface area contributed by atoms with Crippen LogP contribution in [-0.2, 0) is 0 Å². The number of carboxylic acid groups (broad SMARTS) is 1. The summed E-state index contributed by atoms with van der Waals surface area (Å²) >= 11 is 0. The quantitative estimate of drug-likeness (QED) is 0.672. The summed E-state index contributed by atoms with van der Waals surface area (Å²) in [6.07, 6.45) is 0. The predicted octanol–water partition coefficient (Wildman–Crippen LogP) is 0.468. The van der Waals surface area contributed by atoms with Gasteiger partial charge < -0.3 is 21.4 Å². The van der Waals surface area contributed by atoms with E-state index in [1.807, 2.05) is 0 Å². The van der Waals surface area contributed by atoms with E-state index in [1.165, 1.54) is 6.07 Å². The number of nitrogens with one attached hydrogen (secondary N) is 1. The van der Waals surface area contributed by atoms with Crippen molar-refractivity contribution in [1.82, 2.24) is 6.15 Å². The zero-order valence-corrected chi connectivity index (χ0v) is 7.13. The molecule has 0 fully saturated rings. The molecule has 1 rings (SSSR count). The maximum Gasteiger partial charge on any atom is 0.0736 e. The van der Waals surface area contributed by atoms with E-state index in [-0.39, 0.29) is 11.7 Å². The van der Waals surface area contributed by atoms with Gasteiger partial charge in [-0.05, 0) is 6.07 Å². The van der Waals surface area contributed by atoms with Gasteiger partial charge in [0.2, 0.25) is 0 Å². The standard InChI is InChI=1S/C8H9NO2.H3N/c1-9-7-5-3-2-4-6(7)8(10)11;/h2-5,9H,1H3,(H,10,11);1H3. The van der Waals surface area contributed by atoms with Crippen molar-refractivity contribution in [1.29, 1.82) is 0 Å². The molecule has 5 N–H and O–H groups in total. The van der Waals surface area contributed by atoms with E-state index in [9.17, 15) is 9.90 Å². The molecule has 0 aliphatic heterocycles. The lowest BCUT2D eigenvalue weighted by molar-refractivity contribution is -0.254. The van der Waals surface area contributed by atoms with Gasteiger partial charge in [-0.3, -0.25) is 0 Å². The Hall–Kier alpha value is -1.55. The topological polar surface area (TPSA) is 88.7 Å². The van der Waals surface area contributed by atoms with Gasteiger partial charge in [0.25, 0.3) is 0 Å². The van der Waals surface area contributed by atoms with Crippen molar-refractivity contribution < 1.29 is 9.90 Å². The molecule has 4 nitrogen and oxygen atoms in total. The summed E-state index contributed by atoms with van der Waals surface area (Å²) in [7, 11) is 1.67. The van der Waals surface area contributed by atoms with Gasteiger partial charge in [0.15, 0.2) is 0 Å². The molecule has 0 heterocycles. The predicted molar refractivity (Wildman–Crippen MR) is 46.3 cm³/mol. The van der Waals surface area contributed by atoms with Gasteiger partial charge in [-0.25, -0.2) is 0 Å². The van der Waals surface area contributed by atoms with Crippen LogP contribution >= 0.6 is 0 Å². The van der Waals surface area contributed by atoms with Crippen molar-refractivity contribution in [3.63, 3.8) is 0 Å². The summed E-state index contributed by atoms with van der Waals surface area (Å²) in [6.45, 7) is 0. The van der Waals surface area contributed by atoms with E-state index in [4.69, 9.17) is 0 Å². The first kappa shape index (κ1) is 10.4. The van der Waals surface area contributed by atoms with Gasteiger partial charge in [0.1, 0.15) is 0 Å². The lowest BCUT2D eigenvalue weighted by atomic mass is 10.2. The lowest BCUT2D eigenvalue weighted by Gasteiger charge is -2.08. The van der Waals surface area contributed by atoms with E-state index >= 15 is 0 Å². The third-order valence-corrected chi connectivity index (χ3v) is 1.42. The van der Waals surface area contributed by atoms with Crippen molar-refractivity contribution in [2.45, 2.75) is 0 Å². The molecule has 0 radical (unpaired) electrons. The van der Waals surface area contributed by atoms with Crippen LogP contribution in [0.1, 0.15) is 10.4 Å². The Bertz CT molecular complexity index is 274. The molecule has 0 aliphatic rings. The molecule has 0 bridgehead atoms. The van der Waals surface area contributed by atoms with Crippen molar-refractivity contribution in [2.75, 3.05) is 12.4 Å². The third-order valence-electron chi connectivity index (χ3n) is 1.42. The normalized spacial score (nSPS) is 8.42. The fourth-order valence-electron chi connectivity index (χ4n) is 0.879. The van der Waals surface area contributed by atoms with Gasteiger partial charge in [0, 0.05) is 18.3 Å². The second kappa shape index (κ2) is 4.35. The molecule has 0 spiro atoms. The number of carbonyl (C=O) groups is 1. The van der Waals surface area contributed by atoms with Crippen LogP contribution in [0.5, 0.6) is 0 Å². The van der Waals surface area contributed by atoms with E-state index < -0.39 is 5.97 Å². The number of benzene rings is 1. The summed E-state index contributed by atoms with van der Waals surface area (Å²) in [5.74, 6) is -1.16. The third kappa shape index (κ3) is 1.96. The Labute approximate surface area is 70.8 Å². The molecule has 1 aromatic carbocycles. The Morgan fingerprint density at radius 2 is 2.00 bits per heavy atom. The summed E-state index contributed by atoms with van der Waals surface area (Å²) in [6, 6.07) is 6.61. The maximum absolute atomic E-state index is 10.4. The second-order valence-corrected chi connectivity index (χ2v) is 2.08. The number of rotatable bonds is 2. The van der Waals surface area contributed by atoms with Crippen LogP contribution in [0.2, 0.25) is 0 Å². The number of quaternary nitrogens is 1. The maximum atomic E-state index is 10.4. The Morgan fingerprint density at radius 3 is 2.42 bits per heavy atom. The largest absolute Gasteiger partial charge is 0.545 e. The van der Waals surface area contributed by atoms with E-state index in [2.05, 4.69) is 5.32 Å². The van der Waals surface area contributed by atoms with Gasteiger partial charge in [-0.2, -0.15) is 0 Å². The van der Waals surface area contributed by atoms with Gasteiger partial charge in [-0.15, -0.1) is 0 Å². The summed E-state index contributed by atoms with van der Waals surface area (Å²) in [4.78, 5) is 10.4. The molecule has 4 heteroatoms. The molecule has 0 aliphatic carbocycles. The molecule has 0 aromatic heterocycles. The highest BCUT2D eigenvalue weighted by Gasteiger charge is 1.97. The molecule has 0 unspecified atom stereocenters. The van der Waals surface area contributed by atoms with Gasteiger partial charge >= 0.3 is 0 Å². The Morgan fingerprint density at radius 1 is 1.42 bits per heavy atom. The van der Waals surface area contributed by atoms with Crippen LogP contribution in [0.15, 0.2) is 24.3 Å². The fourth-order valence-corrected chi connectivity index (χ4v) is 0.879. The number of carboxylic acids is 1. The molecule has 0 amide bonds. The summed E-state index contributed by atoms with van der Waals surface area (Å²) in [5.41, 5.74) is 0.766. The minimum atomic E-state index is -1.16. The first-order chi connectivity index (χ1) is 5.25. The Kier molecular flexibility index (Phi) is 3.79. The summed E-state index contributed by atoms with van der Waals surface area (Å²) in [5, 5.41) is 13.2. The number of para-hydroxylation sites is 1. The SMILES string of the molecule is CNc1ccccc1C(=O)[O-].[NH4+]. The van der Waals surface area contributed by atoms with Crippen LogP contribution in [0, 0.1) is 0 Å². The zero-order valence-electron chi connectivity index (χ0n) is 7.13. The number of hydrogen-bond acceptors (Lipinski definition) is 3. The highest BCUT2D eigenvalue weighted by molar-refractivity contribution is 5.92. The molecular weight excluding hydrogens is 156 g/mol. The molecule has 0 saturated carbocycles. The molecule has 0 saturated heterocycles. The smallest absolute Gasteiger partial charge is 0.0736 e. The first-order valence-electron chi connectivity index (χ1n) is 3.24. The van der Waals surface area contributed by atoms with Crippen molar-refractivity contribution >= 4 is 11.7 Å². The molecule has 0 atom stereocenters. The monoisotopic (exact) mass is 168 g/mol. The summed E-state index contributed by atoms with van der Waals surface area (Å²) < 4.78 is 0. The van der Waals surface area contributed by atoms with Crippen LogP contribution < -0.4 is 16.6 Å². The zero-order chi connectivity index (χ0) is 8.27. The minimum Gasteiger partial charge on any atom is -0.545 e. The van der Waals surface area contributed by atoms with Crippen LogP contribution in [0.4, 0.5) is 5.69 Å². The fraction of sp³-hybridized carbons (Fsp3) is 0.125. The van der Waals surface area contributed by atoms with Crippen LogP contribution in [-0.4, -0.2) is 13.0 Å². The molecule has 66 valence electrons. The Balaban J connectivity index is 0.00000121. The van der Waals surface area contributed by atoms with Gasteiger partial charge in [0.05, 0.1) is 5.97 Å². The average Bonchev–Trinajstić information content (AvgIpc) is 2.04. The highest BCUT2D eigenvalue weighted by atomic mass is 16.4. The van der Waals surface area contributed by atoms with E-state index in [1.54, 1.807) is 25.2 Å². The van der Waals surface area contributed by atoms with Crippen LogP contribution in [0.3, 0.4) is 0 Å². The van der Waals surface area contributed by atoms with Crippen LogP contribution in [0.25, 0.3) is 0 Å². The van der Waals surface area contributed by atoms with Crippen molar-refractivity contribution in [3.05, 3.63) is 29.8 Å².